The number of benzene rings is 1. The molecular formula is C21H28N2O4. The second-order valence-corrected chi connectivity index (χ2v) is 7.06. The summed E-state index contributed by atoms with van der Waals surface area (Å²) < 4.78 is 16.2. The standard InChI is InChI=1S/C21H28N2O4/c1-15-20(16(2)27-22-15)10-11-21(24)23(14-19-5-4-12-26-19)13-17-6-8-18(25-3)9-7-17/h6-9,19H,4-5,10-14H2,1-3H3. The Labute approximate surface area is 160 Å². The van der Waals surface area contributed by atoms with Gasteiger partial charge < -0.3 is 18.9 Å². The molecule has 1 aliphatic rings. The number of amides is 1. The highest BCUT2D eigenvalue weighted by molar-refractivity contribution is 5.76. The van der Waals surface area contributed by atoms with Crippen molar-refractivity contribution in [1.82, 2.24) is 10.1 Å². The highest BCUT2D eigenvalue weighted by Gasteiger charge is 2.23. The van der Waals surface area contributed by atoms with Crippen molar-refractivity contribution in [3.8, 4) is 5.75 Å². The molecule has 2 aromatic rings. The first-order valence-electron chi connectivity index (χ1n) is 9.51. The lowest BCUT2D eigenvalue weighted by atomic mass is 10.1. The van der Waals surface area contributed by atoms with Gasteiger partial charge in [0, 0.05) is 31.7 Å². The molecule has 1 aliphatic heterocycles. The van der Waals surface area contributed by atoms with Gasteiger partial charge in [0.05, 0.1) is 18.9 Å². The fourth-order valence-electron chi connectivity index (χ4n) is 3.49. The number of hydrogen-bond donors (Lipinski definition) is 0. The van der Waals surface area contributed by atoms with Gasteiger partial charge in [-0.3, -0.25) is 4.79 Å². The van der Waals surface area contributed by atoms with Crippen LogP contribution < -0.4 is 4.74 Å². The Kier molecular flexibility index (Phi) is 6.50. The van der Waals surface area contributed by atoms with Crippen molar-refractivity contribution < 1.29 is 18.8 Å². The predicted octanol–water partition coefficient (Wildman–Crippen LogP) is 3.44. The van der Waals surface area contributed by atoms with E-state index in [-0.39, 0.29) is 12.0 Å². The van der Waals surface area contributed by atoms with Crippen molar-refractivity contribution in [3.63, 3.8) is 0 Å². The van der Waals surface area contributed by atoms with E-state index in [1.807, 2.05) is 43.0 Å². The van der Waals surface area contributed by atoms with Gasteiger partial charge >= 0.3 is 0 Å². The Hall–Kier alpha value is -2.34. The fourth-order valence-corrected chi connectivity index (χ4v) is 3.49. The van der Waals surface area contributed by atoms with E-state index in [9.17, 15) is 4.79 Å². The van der Waals surface area contributed by atoms with Crippen LogP contribution in [0.5, 0.6) is 5.75 Å². The van der Waals surface area contributed by atoms with Gasteiger partial charge in [-0.05, 0) is 50.8 Å². The molecule has 0 aliphatic carbocycles. The van der Waals surface area contributed by atoms with Crippen molar-refractivity contribution in [2.45, 2.75) is 52.2 Å². The molecule has 0 saturated carbocycles. The Morgan fingerprint density at radius 1 is 1.30 bits per heavy atom. The van der Waals surface area contributed by atoms with Crippen LogP contribution in [0.15, 0.2) is 28.8 Å². The molecule has 146 valence electrons. The second-order valence-electron chi connectivity index (χ2n) is 7.06. The number of methoxy groups -OCH3 is 1. The molecule has 27 heavy (non-hydrogen) atoms. The van der Waals surface area contributed by atoms with Crippen LogP contribution in [0.4, 0.5) is 0 Å². The van der Waals surface area contributed by atoms with Gasteiger partial charge in [0.25, 0.3) is 0 Å². The molecule has 0 N–H and O–H groups in total. The van der Waals surface area contributed by atoms with Crippen LogP contribution in [0.25, 0.3) is 0 Å². The lowest BCUT2D eigenvalue weighted by molar-refractivity contribution is -0.133. The van der Waals surface area contributed by atoms with Crippen molar-refractivity contribution in [2.24, 2.45) is 0 Å². The van der Waals surface area contributed by atoms with E-state index in [0.29, 0.717) is 25.9 Å². The normalized spacial score (nSPS) is 16.5. The average molecular weight is 372 g/mol. The summed E-state index contributed by atoms with van der Waals surface area (Å²) in [6, 6.07) is 7.85. The average Bonchev–Trinajstić information content (AvgIpc) is 3.30. The lowest BCUT2D eigenvalue weighted by Gasteiger charge is -2.26. The van der Waals surface area contributed by atoms with E-state index in [1.54, 1.807) is 7.11 Å². The summed E-state index contributed by atoms with van der Waals surface area (Å²) in [5.41, 5.74) is 2.98. The van der Waals surface area contributed by atoms with E-state index in [0.717, 1.165) is 47.8 Å². The molecule has 1 aromatic carbocycles. The van der Waals surface area contributed by atoms with Gasteiger partial charge in [0.15, 0.2) is 0 Å². The van der Waals surface area contributed by atoms with Gasteiger partial charge in [-0.15, -0.1) is 0 Å². The number of ether oxygens (including phenoxy) is 2. The summed E-state index contributed by atoms with van der Waals surface area (Å²) in [4.78, 5) is 14.9. The minimum atomic E-state index is 0.126. The van der Waals surface area contributed by atoms with Crippen LogP contribution in [0.1, 0.15) is 41.8 Å². The third kappa shape index (κ3) is 5.10. The number of carbonyl (C=O) groups excluding carboxylic acids is 1. The first-order chi connectivity index (χ1) is 13.1. The van der Waals surface area contributed by atoms with Crippen LogP contribution in [0.2, 0.25) is 0 Å². The highest BCUT2D eigenvalue weighted by atomic mass is 16.5. The van der Waals surface area contributed by atoms with Gasteiger partial charge in [-0.2, -0.15) is 0 Å². The topological polar surface area (TPSA) is 64.8 Å². The molecule has 1 amide bonds. The maximum atomic E-state index is 13.0. The zero-order valence-electron chi connectivity index (χ0n) is 16.4. The van der Waals surface area contributed by atoms with E-state index in [2.05, 4.69) is 5.16 Å². The van der Waals surface area contributed by atoms with Crippen LogP contribution in [-0.2, 0) is 22.5 Å². The molecule has 3 rings (SSSR count). The third-order valence-electron chi connectivity index (χ3n) is 5.10. The van der Waals surface area contributed by atoms with Crippen LogP contribution in [0, 0.1) is 13.8 Å². The zero-order chi connectivity index (χ0) is 19.2. The lowest BCUT2D eigenvalue weighted by Crippen LogP contribution is -2.37. The van der Waals surface area contributed by atoms with Crippen LogP contribution >= 0.6 is 0 Å². The van der Waals surface area contributed by atoms with Crippen LogP contribution in [-0.4, -0.2) is 42.3 Å². The largest absolute Gasteiger partial charge is 0.497 e. The second kappa shape index (κ2) is 9.04. The summed E-state index contributed by atoms with van der Waals surface area (Å²) in [6.45, 7) is 5.80. The minimum Gasteiger partial charge on any atom is -0.497 e. The monoisotopic (exact) mass is 372 g/mol. The van der Waals surface area contributed by atoms with Gasteiger partial charge in [-0.25, -0.2) is 0 Å². The van der Waals surface area contributed by atoms with E-state index >= 15 is 0 Å². The molecule has 0 radical (unpaired) electrons. The number of rotatable bonds is 8. The van der Waals surface area contributed by atoms with E-state index < -0.39 is 0 Å². The summed E-state index contributed by atoms with van der Waals surface area (Å²) >= 11 is 0. The highest BCUT2D eigenvalue weighted by Crippen LogP contribution is 2.19. The van der Waals surface area contributed by atoms with Crippen molar-refractivity contribution >= 4 is 5.91 Å². The molecule has 0 spiro atoms. The molecule has 1 unspecified atom stereocenters. The Morgan fingerprint density at radius 3 is 2.67 bits per heavy atom. The van der Waals surface area contributed by atoms with E-state index in [1.165, 1.54) is 0 Å². The Morgan fingerprint density at radius 2 is 2.07 bits per heavy atom. The Balaban J connectivity index is 1.66. The molecule has 2 heterocycles. The quantitative estimate of drug-likeness (QED) is 0.710. The van der Waals surface area contributed by atoms with Crippen molar-refractivity contribution in [2.75, 3.05) is 20.3 Å². The van der Waals surface area contributed by atoms with E-state index in [4.69, 9.17) is 14.0 Å². The SMILES string of the molecule is COc1ccc(CN(CC2CCCO2)C(=O)CCc2c(C)noc2C)cc1. The van der Waals surface area contributed by atoms with Crippen molar-refractivity contribution in [1.29, 1.82) is 0 Å². The number of aromatic nitrogens is 1. The summed E-state index contributed by atoms with van der Waals surface area (Å²) in [6.07, 6.45) is 3.28. The number of carbonyl (C=O) groups is 1. The number of aryl methyl sites for hydroxylation is 2. The maximum Gasteiger partial charge on any atom is 0.223 e. The molecule has 1 saturated heterocycles. The fraction of sp³-hybridized carbons (Fsp3) is 0.524. The molecule has 0 bridgehead atoms. The molecule has 1 fully saturated rings. The van der Waals surface area contributed by atoms with Crippen molar-refractivity contribution in [3.05, 3.63) is 46.8 Å². The van der Waals surface area contributed by atoms with Gasteiger partial charge in [0.2, 0.25) is 5.91 Å². The number of hydrogen-bond acceptors (Lipinski definition) is 5. The zero-order valence-corrected chi connectivity index (χ0v) is 16.4. The maximum absolute atomic E-state index is 13.0. The Bertz CT molecular complexity index is 729. The molecule has 1 aromatic heterocycles. The molecular weight excluding hydrogens is 344 g/mol. The summed E-state index contributed by atoms with van der Waals surface area (Å²) in [5, 5.41) is 3.97. The first kappa shape index (κ1) is 19.4. The molecule has 1 atom stereocenters. The first-order valence-corrected chi connectivity index (χ1v) is 9.51. The smallest absolute Gasteiger partial charge is 0.223 e. The third-order valence-corrected chi connectivity index (χ3v) is 5.10. The summed E-state index contributed by atoms with van der Waals surface area (Å²) in [7, 11) is 1.65. The minimum absolute atomic E-state index is 0.126. The van der Waals surface area contributed by atoms with Crippen LogP contribution in [0.3, 0.4) is 0 Å². The predicted molar refractivity (Wildman–Crippen MR) is 102 cm³/mol. The van der Waals surface area contributed by atoms with Gasteiger partial charge in [0.1, 0.15) is 11.5 Å². The summed E-state index contributed by atoms with van der Waals surface area (Å²) in [5.74, 6) is 1.73. The molecule has 6 heteroatoms. The molecule has 6 nitrogen and oxygen atoms in total. The van der Waals surface area contributed by atoms with Gasteiger partial charge in [-0.1, -0.05) is 17.3 Å². The number of nitrogens with zero attached hydrogens (tertiary/aromatic N) is 2.